The number of carbonyl (C=O) groups is 2. The van der Waals surface area contributed by atoms with Crippen molar-refractivity contribution in [1.82, 2.24) is 9.94 Å². The zero-order chi connectivity index (χ0) is 10.4. The van der Waals surface area contributed by atoms with Gasteiger partial charge in [0, 0.05) is 0 Å². The second kappa shape index (κ2) is 2.57. The molecule has 0 atom stereocenters. The van der Waals surface area contributed by atoms with Crippen LogP contribution in [0.25, 0.3) is 10.9 Å². The van der Waals surface area contributed by atoms with E-state index in [0.717, 1.165) is 4.85 Å². The van der Waals surface area contributed by atoms with Crippen LogP contribution in [0.15, 0.2) is 24.3 Å². The van der Waals surface area contributed by atoms with Crippen molar-refractivity contribution in [2.75, 3.05) is 0 Å². The second-order valence-corrected chi connectivity index (χ2v) is 2.96. The maximum absolute atomic E-state index is 11.0. The van der Waals surface area contributed by atoms with Crippen LogP contribution < -0.4 is 9.57 Å². The topological polar surface area (TPSA) is 70.4 Å². The maximum Gasteiger partial charge on any atom is 0.443 e. The van der Waals surface area contributed by atoms with Gasteiger partial charge in [0.2, 0.25) is 0 Å². The average Bonchev–Trinajstić information content (AvgIpc) is 2.49. The predicted octanol–water partition coefficient (Wildman–Crippen LogP) is -0.0895. The van der Waals surface area contributed by atoms with Crippen LogP contribution in [-0.4, -0.2) is 21.9 Å². The van der Waals surface area contributed by atoms with Crippen LogP contribution in [0.4, 0.5) is 0 Å². The number of fused-ring (bicyclic) bond motifs is 5. The number of carbonyl (C=O) groups excluding carboxylic acids is 2. The molecule has 0 amide bonds. The molecule has 0 aliphatic carbocycles. The van der Waals surface area contributed by atoms with E-state index in [-0.39, 0.29) is 5.88 Å². The molecule has 0 saturated heterocycles. The molecule has 2 heterocycles. The summed E-state index contributed by atoms with van der Waals surface area (Å²) in [4.78, 5) is 27.7. The monoisotopic (exact) mass is 204 g/mol. The number of aromatic nitrogens is 2. The Labute approximate surface area is 82.9 Å². The average molecular weight is 204 g/mol. The standard InChI is InChI=1S/C9H4N2O4/c12-8-9(13)15-11-6-4-2-1-3-5(6)7(10-11)14-8/h1-4H. The smallest absolute Gasteiger partial charge is 0.396 e. The third-order valence-electron chi connectivity index (χ3n) is 2.05. The Morgan fingerprint density at radius 3 is 2.80 bits per heavy atom. The SMILES string of the molecule is O=C1Oc2nn(c3ccccc23)OC1=O. The fourth-order valence-electron chi connectivity index (χ4n) is 1.40. The van der Waals surface area contributed by atoms with E-state index in [0.29, 0.717) is 10.9 Å². The van der Waals surface area contributed by atoms with Gasteiger partial charge in [-0.1, -0.05) is 22.1 Å². The third-order valence-corrected chi connectivity index (χ3v) is 2.05. The number of rotatable bonds is 0. The molecule has 2 aromatic rings. The Hall–Kier alpha value is -2.37. The highest BCUT2D eigenvalue weighted by molar-refractivity contribution is 6.31. The summed E-state index contributed by atoms with van der Waals surface area (Å²) in [5.74, 6) is -2.06. The quantitative estimate of drug-likeness (QED) is 0.443. The Morgan fingerprint density at radius 1 is 1.13 bits per heavy atom. The molecule has 2 bridgehead atoms. The predicted molar refractivity (Wildman–Crippen MR) is 47.0 cm³/mol. The minimum absolute atomic E-state index is 0.0847. The molecule has 1 aromatic heterocycles. The molecular weight excluding hydrogens is 200 g/mol. The molecule has 6 heteroatoms. The molecule has 74 valence electrons. The molecule has 1 aliphatic heterocycles. The summed E-state index contributed by atoms with van der Waals surface area (Å²) in [6.07, 6.45) is 0. The van der Waals surface area contributed by atoms with Gasteiger partial charge in [-0.3, -0.25) is 0 Å². The molecule has 1 aliphatic rings. The van der Waals surface area contributed by atoms with Crippen LogP contribution in [0.2, 0.25) is 0 Å². The minimum atomic E-state index is -1.08. The number of benzene rings is 1. The first-order valence-corrected chi connectivity index (χ1v) is 4.18. The van der Waals surface area contributed by atoms with Gasteiger partial charge in [0.15, 0.2) is 0 Å². The van der Waals surface area contributed by atoms with Crippen LogP contribution in [0, 0.1) is 0 Å². The van der Waals surface area contributed by atoms with E-state index in [1.165, 1.54) is 0 Å². The summed E-state index contributed by atoms with van der Waals surface area (Å²) < 4.78 is 4.74. The molecule has 0 saturated carbocycles. The lowest BCUT2D eigenvalue weighted by Crippen LogP contribution is -2.29. The zero-order valence-electron chi connectivity index (χ0n) is 7.34. The first kappa shape index (κ1) is 7.98. The molecule has 15 heavy (non-hydrogen) atoms. The lowest BCUT2D eigenvalue weighted by molar-refractivity contribution is -0.161. The first-order chi connectivity index (χ1) is 7.25. The van der Waals surface area contributed by atoms with Gasteiger partial charge in [0.1, 0.15) is 5.52 Å². The van der Waals surface area contributed by atoms with E-state index in [9.17, 15) is 9.59 Å². The maximum atomic E-state index is 11.0. The number of nitrogens with zero attached hydrogens (tertiary/aromatic N) is 2. The van der Waals surface area contributed by atoms with E-state index in [4.69, 9.17) is 4.74 Å². The van der Waals surface area contributed by atoms with Gasteiger partial charge < -0.3 is 9.57 Å². The molecule has 0 N–H and O–H groups in total. The summed E-state index contributed by atoms with van der Waals surface area (Å²) in [6.45, 7) is 0. The van der Waals surface area contributed by atoms with Crippen molar-refractivity contribution in [2.24, 2.45) is 0 Å². The van der Waals surface area contributed by atoms with Crippen molar-refractivity contribution in [3.63, 3.8) is 0 Å². The second-order valence-electron chi connectivity index (χ2n) is 2.96. The normalized spacial score (nSPS) is 14.7. The Kier molecular flexibility index (Phi) is 1.37. The highest BCUT2D eigenvalue weighted by Gasteiger charge is 2.28. The van der Waals surface area contributed by atoms with E-state index >= 15 is 0 Å². The van der Waals surface area contributed by atoms with E-state index in [1.807, 2.05) is 0 Å². The lowest BCUT2D eigenvalue weighted by Gasteiger charge is -2.01. The van der Waals surface area contributed by atoms with E-state index in [1.54, 1.807) is 24.3 Å². The number of hydrogen-bond donors (Lipinski definition) is 0. The molecule has 3 rings (SSSR count). The largest absolute Gasteiger partial charge is 0.443 e. The molecule has 1 aromatic carbocycles. The molecule has 6 nitrogen and oxygen atoms in total. The summed E-state index contributed by atoms with van der Waals surface area (Å²) in [5.41, 5.74) is 0.577. The summed E-state index contributed by atoms with van der Waals surface area (Å²) in [7, 11) is 0. The highest BCUT2D eigenvalue weighted by atomic mass is 16.7. The van der Waals surface area contributed by atoms with Gasteiger partial charge >= 0.3 is 11.9 Å². The number of esters is 1. The third kappa shape index (κ3) is 1.01. The highest BCUT2D eigenvalue weighted by Crippen LogP contribution is 2.25. The number of ether oxygens (including phenoxy) is 1. The summed E-state index contributed by atoms with van der Waals surface area (Å²) in [6, 6.07) is 6.97. The van der Waals surface area contributed by atoms with Crippen LogP contribution in [0.1, 0.15) is 0 Å². The Morgan fingerprint density at radius 2 is 1.93 bits per heavy atom. The number of hydrogen-bond acceptors (Lipinski definition) is 5. The van der Waals surface area contributed by atoms with Crippen LogP contribution in [-0.2, 0) is 9.59 Å². The van der Waals surface area contributed by atoms with Crippen LogP contribution in [0.5, 0.6) is 5.88 Å². The molecule has 0 fully saturated rings. The van der Waals surface area contributed by atoms with E-state index in [2.05, 4.69) is 9.94 Å². The lowest BCUT2D eigenvalue weighted by atomic mass is 10.2. The van der Waals surface area contributed by atoms with Gasteiger partial charge in [-0.25, -0.2) is 9.59 Å². The van der Waals surface area contributed by atoms with Crippen molar-refractivity contribution < 1.29 is 19.2 Å². The van der Waals surface area contributed by atoms with Gasteiger partial charge in [0.05, 0.1) is 5.39 Å². The Balaban J connectivity index is 2.33. The van der Waals surface area contributed by atoms with Crippen molar-refractivity contribution in [2.45, 2.75) is 0 Å². The molecular formula is C9H4N2O4. The summed E-state index contributed by atoms with van der Waals surface area (Å²) >= 11 is 0. The first-order valence-electron chi connectivity index (χ1n) is 4.18. The van der Waals surface area contributed by atoms with Crippen molar-refractivity contribution >= 4 is 22.8 Å². The molecule has 0 unspecified atom stereocenters. The Bertz CT molecular complexity index is 537. The minimum Gasteiger partial charge on any atom is -0.396 e. The summed E-state index contributed by atoms with van der Waals surface area (Å²) in [5, 5.41) is 4.44. The van der Waals surface area contributed by atoms with Crippen molar-refractivity contribution in [1.29, 1.82) is 0 Å². The fourth-order valence-corrected chi connectivity index (χ4v) is 1.40. The van der Waals surface area contributed by atoms with Gasteiger partial charge in [-0.2, -0.15) is 0 Å². The van der Waals surface area contributed by atoms with Crippen LogP contribution in [0.3, 0.4) is 0 Å². The van der Waals surface area contributed by atoms with Gasteiger partial charge in [-0.15, -0.1) is 0 Å². The van der Waals surface area contributed by atoms with Gasteiger partial charge in [-0.05, 0) is 12.1 Å². The molecule has 0 radical (unpaired) electrons. The van der Waals surface area contributed by atoms with E-state index < -0.39 is 11.9 Å². The van der Waals surface area contributed by atoms with Gasteiger partial charge in [0.25, 0.3) is 5.88 Å². The number of para-hydroxylation sites is 1. The van der Waals surface area contributed by atoms with Crippen molar-refractivity contribution in [3.05, 3.63) is 24.3 Å². The molecule has 0 spiro atoms. The van der Waals surface area contributed by atoms with Crippen molar-refractivity contribution in [3.8, 4) is 5.88 Å². The van der Waals surface area contributed by atoms with Crippen LogP contribution >= 0.6 is 0 Å². The zero-order valence-corrected chi connectivity index (χ0v) is 7.34. The fraction of sp³-hybridized carbons (Fsp3) is 0.